The van der Waals surface area contributed by atoms with Crippen LogP contribution in [-0.2, 0) is 0 Å². The van der Waals surface area contributed by atoms with Crippen molar-refractivity contribution in [2.75, 3.05) is 18.5 Å². The molecule has 0 spiro atoms. The Morgan fingerprint density at radius 3 is 3.06 bits per heavy atom. The first kappa shape index (κ1) is 13.3. The van der Waals surface area contributed by atoms with Crippen LogP contribution in [0.5, 0.6) is 0 Å². The summed E-state index contributed by atoms with van der Waals surface area (Å²) >= 11 is 4.95. The van der Waals surface area contributed by atoms with Crippen LogP contribution in [0.2, 0.25) is 0 Å². The number of halogens is 1. The zero-order chi connectivity index (χ0) is 12.1. The number of rotatable bonds is 4. The van der Waals surface area contributed by atoms with Gasteiger partial charge in [-0.3, -0.25) is 4.79 Å². The van der Waals surface area contributed by atoms with Crippen LogP contribution in [0.1, 0.15) is 17.3 Å². The van der Waals surface area contributed by atoms with Gasteiger partial charge in [-0.1, -0.05) is 6.92 Å². The normalized spacial score (nSPS) is 12.2. The molecule has 0 fully saturated rings. The Labute approximate surface area is 108 Å². The van der Waals surface area contributed by atoms with E-state index >= 15 is 0 Å². The molecule has 0 aromatic carbocycles. The molecule has 88 valence electrons. The van der Waals surface area contributed by atoms with Crippen LogP contribution < -0.4 is 11.1 Å². The number of nitrogens with two attached hydrogens (primary N) is 1. The average Bonchev–Trinajstić information content (AvgIpc) is 2.28. The van der Waals surface area contributed by atoms with Crippen molar-refractivity contribution in [2.45, 2.75) is 12.2 Å². The van der Waals surface area contributed by atoms with E-state index in [9.17, 15) is 4.79 Å². The van der Waals surface area contributed by atoms with Crippen LogP contribution in [0.15, 0.2) is 16.7 Å². The summed E-state index contributed by atoms with van der Waals surface area (Å²) < 4.78 is 0.741. The number of hydrogen-bond acceptors (Lipinski definition) is 4. The van der Waals surface area contributed by atoms with E-state index < -0.39 is 0 Å². The molecule has 1 atom stereocenters. The fourth-order valence-corrected chi connectivity index (χ4v) is 1.63. The number of hydrogen-bond donors (Lipinski definition) is 2. The van der Waals surface area contributed by atoms with Crippen LogP contribution in [-0.4, -0.2) is 28.9 Å². The zero-order valence-electron chi connectivity index (χ0n) is 9.16. The molecule has 1 aromatic rings. The largest absolute Gasteiger partial charge is 0.383 e. The van der Waals surface area contributed by atoms with E-state index in [2.05, 4.69) is 26.2 Å². The van der Waals surface area contributed by atoms with E-state index in [4.69, 9.17) is 5.73 Å². The molecule has 1 rings (SSSR count). The highest BCUT2D eigenvalue weighted by Gasteiger charge is 2.11. The fraction of sp³-hybridized carbons (Fsp3) is 0.400. The van der Waals surface area contributed by atoms with Gasteiger partial charge in [0.2, 0.25) is 0 Å². The number of nitrogen functional groups attached to an aromatic ring is 1. The van der Waals surface area contributed by atoms with Gasteiger partial charge in [0.05, 0.1) is 5.56 Å². The van der Waals surface area contributed by atoms with Gasteiger partial charge in [-0.25, -0.2) is 4.98 Å². The predicted octanol–water partition coefficient (Wildman–Crippen LogP) is 1.91. The first-order chi connectivity index (χ1) is 7.54. The summed E-state index contributed by atoms with van der Waals surface area (Å²) in [6.45, 7) is 2.67. The van der Waals surface area contributed by atoms with E-state index in [1.165, 1.54) is 0 Å². The molecule has 3 N–H and O–H groups in total. The van der Waals surface area contributed by atoms with Crippen molar-refractivity contribution in [1.82, 2.24) is 10.3 Å². The Bertz CT molecular complexity index is 386. The number of pyridine rings is 1. The lowest BCUT2D eigenvalue weighted by molar-refractivity contribution is 0.0954. The first-order valence-electron chi connectivity index (χ1n) is 4.76. The topological polar surface area (TPSA) is 68.0 Å². The quantitative estimate of drug-likeness (QED) is 0.891. The van der Waals surface area contributed by atoms with E-state index in [1.54, 1.807) is 24.0 Å². The van der Waals surface area contributed by atoms with E-state index in [0.29, 0.717) is 17.4 Å². The molecule has 1 amide bonds. The van der Waals surface area contributed by atoms with Gasteiger partial charge >= 0.3 is 0 Å². The summed E-state index contributed by atoms with van der Waals surface area (Å²) in [6, 6.07) is 1.67. The lowest BCUT2D eigenvalue weighted by Crippen LogP contribution is -2.30. The molecule has 1 unspecified atom stereocenters. The minimum absolute atomic E-state index is 0.188. The monoisotopic (exact) mass is 303 g/mol. The van der Waals surface area contributed by atoms with Crippen molar-refractivity contribution in [1.29, 1.82) is 0 Å². The molecule has 0 aliphatic rings. The molecule has 0 bridgehead atoms. The maximum atomic E-state index is 11.8. The first-order valence-corrected chi connectivity index (χ1v) is 6.84. The number of carbonyl (C=O) groups excluding carboxylic acids is 1. The second kappa shape index (κ2) is 6.10. The Hall–Kier alpha value is -0.750. The summed E-state index contributed by atoms with van der Waals surface area (Å²) in [5.41, 5.74) is 6.04. The molecule has 0 saturated carbocycles. The predicted molar refractivity (Wildman–Crippen MR) is 71.7 cm³/mol. The summed E-state index contributed by atoms with van der Waals surface area (Å²) in [5, 5.41) is 3.20. The van der Waals surface area contributed by atoms with Crippen molar-refractivity contribution < 1.29 is 4.79 Å². The molecule has 6 heteroatoms. The Balaban J connectivity index is 2.69. The van der Waals surface area contributed by atoms with Crippen molar-refractivity contribution >= 4 is 39.4 Å². The van der Waals surface area contributed by atoms with E-state index in [0.717, 1.165) is 4.47 Å². The molecular weight excluding hydrogens is 290 g/mol. The zero-order valence-corrected chi connectivity index (χ0v) is 11.6. The third-order valence-corrected chi connectivity index (χ3v) is 3.49. The van der Waals surface area contributed by atoms with Crippen LogP contribution in [0.25, 0.3) is 0 Å². The Morgan fingerprint density at radius 2 is 2.44 bits per heavy atom. The van der Waals surface area contributed by atoms with Gasteiger partial charge in [0.15, 0.2) is 0 Å². The average molecular weight is 304 g/mol. The highest BCUT2D eigenvalue weighted by Crippen LogP contribution is 2.15. The summed E-state index contributed by atoms with van der Waals surface area (Å²) in [4.78, 5) is 15.7. The Kier molecular flexibility index (Phi) is 5.08. The van der Waals surface area contributed by atoms with Gasteiger partial charge in [-0.05, 0) is 28.3 Å². The summed E-state index contributed by atoms with van der Waals surface area (Å²) in [5.74, 6) is 0.0599. The molecule has 1 heterocycles. The van der Waals surface area contributed by atoms with Gasteiger partial charge in [-0.15, -0.1) is 0 Å². The maximum absolute atomic E-state index is 11.8. The molecular formula is C10H14BrN3OS. The molecule has 4 nitrogen and oxygen atoms in total. The fourth-order valence-electron chi connectivity index (χ4n) is 1.05. The van der Waals surface area contributed by atoms with Crippen LogP contribution in [0, 0.1) is 0 Å². The van der Waals surface area contributed by atoms with Crippen LogP contribution in [0.3, 0.4) is 0 Å². The van der Waals surface area contributed by atoms with E-state index in [-0.39, 0.29) is 11.7 Å². The number of nitrogens with one attached hydrogen (secondary N) is 1. The third-order valence-electron chi connectivity index (χ3n) is 2.08. The van der Waals surface area contributed by atoms with Crippen LogP contribution >= 0.6 is 27.7 Å². The summed E-state index contributed by atoms with van der Waals surface area (Å²) in [7, 11) is 0. The van der Waals surface area contributed by atoms with Crippen molar-refractivity contribution in [3.63, 3.8) is 0 Å². The van der Waals surface area contributed by atoms with Crippen molar-refractivity contribution in [3.05, 3.63) is 22.3 Å². The number of aromatic nitrogens is 1. The smallest absolute Gasteiger partial charge is 0.255 e. The van der Waals surface area contributed by atoms with Crippen molar-refractivity contribution in [3.8, 4) is 0 Å². The minimum Gasteiger partial charge on any atom is -0.383 e. The van der Waals surface area contributed by atoms with Gasteiger partial charge in [-0.2, -0.15) is 11.8 Å². The van der Waals surface area contributed by atoms with Gasteiger partial charge in [0, 0.05) is 22.5 Å². The molecule has 16 heavy (non-hydrogen) atoms. The molecule has 0 aliphatic carbocycles. The standard InChI is InChI=1S/C10H14BrN3OS/c1-6(16-2)4-14-10(15)8-3-7(11)5-13-9(8)12/h3,5-6H,4H2,1-2H3,(H2,12,13)(H,14,15). The lowest BCUT2D eigenvalue weighted by Gasteiger charge is -2.10. The summed E-state index contributed by atoms with van der Waals surface area (Å²) in [6.07, 6.45) is 3.57. The second-order valence-corrected chi connectivity index (χ2v) is 5.53. The number of anilines is 1. The highest BCUT2D eigenvalue weighted by molar-refractivity contribution is 9.10. The number of thioether (sulfide) groups is 1. The SMILES string of the molecule is CSC(C)CNC(=O)c1cc(Br)cnc1N. The molecule has 1 aromatic heterocycles. The van der Waals surface area contributed by atoms with Gasteiger partial charge < -0.3 is 11.1 Å². The van der Waals surface area contributed by atoms with Crippen LogP contribution in [0.4, 0.5) is 5.82 Å². The highest BCUT2D eigenvalue weighted by atomic mass is 79.9. The number of nitrogens with zero attached hydrogens (tertiary/aromatic N) is 1. The number of amides is 1. The number of carbonyl (C=O) groups is 1. The molecule has 0 saturated heterocycles. The second-order valence-electron chi connectivity index (χ2n) is 3.34. The molecule has 0 aliphatic heterocycles. The molecule has 0 radical (unpaired) electrons. The van der Waals surface area contributed by atoms with Crippen molar-refractivity contribution in [2.24, 2.45) is 0 Å². The minimum atomic E-state index is -0.188. The Morgan fingerprint density at radius 1 is 1.75 bits per heavy atom. The lowest BCUT2D eigenvalue weighted by atomic mass is 10.2. The van der Waals surface area contributed by atoms with Gasteiger partial charge in [0.1, 0.15) is 5.82 Å². The maximum Gasteiger partial charge on any atom is 0.255 e. The third kappa shape index (κ3) is 3.68. The van der Waals surface area contributed by atoms with Gasteiger partial charge in [0.25, 0.3) is 5.91 Å². The van der Waals surface area contributed by atoms with E-state index in [1.807, 2.05) is 13.2 Å².